The standard InChI is InChI=1S/C19H18N4O4S/c1-3-27-16-10-13(9-15(18(16)24)23(25)26)11-20-22-19-21-17(12(2)28-19)14-7-5-4-6-8-14/h4-11,24H,3H2,1-2H3,(H,21,22)/b20-11-. The van der Waals surface area contributed by atoms with Crippen molar-refractivity contribution >= 4 is 28.4 Å². The van der Waals surface area contributed by atoms with Crippen LogP contribution in [0.25, 0.3) is 11.3 Å². The maximum absolute atomic E-state index is 11.1. The fraction of sp³-hybridized carbons (Fsp3) is 0.158. The van der Waals surface area contributed by atoms with E-state index in [1.54, 1.807) is 6.92 Å². The van der Waals surface area contributed by atoms with Crippen LogP contribution < -0.4 is 10.2 Å². The normalized spacial score (nSPS) is 10.9. The second-order valence-corrected chi connectivity index (χ2v) is 6.94. The number of anilines is 1. The van der Waals surface area contributed by atoms with E-state index < -0.39 is 16.4 Å². The second kappa shape index (κ2) is 8.49. The van der Waals surface area contributed by atoms with Crippen molar-refractivity contribution in [2.75, 3.05) is 12.0 Å². The van der Waals surface area contributed by atoms with Crippen molar-refractivity contribution in [2.45, 2.75) is 13.8 Å². The van der Waals surface area contributed by atoms with Gasteiger partial charge in [0.05, 0.1) is 23.4 Å². The summed E-state index contributed by atoms with van der Waals surface area (Å²) in [5, 5.41) is 25.8. The molecule has 2 aromatic carbocycles. The molecule has 3 rings (SSSR count). The number of ether oxygens (including phenoxy) is 1. The van der Waals surface area contributed by atoms with Crippen LogP contribution in [-0.4, -0.2) is 27.8 Å². The molecule has 3 aromatic rings. The molecule has 1 aromatic heterocycles. The second-order valence-electron chi connectivity index (χ2n) is 5.74. The van der Waals surface area contributed by atoms with Crippen LogP contribution in [0.3, 0.4) is 0 Å². The van der Waals surface area contributed by atoms with E-state index in [9.17, 15) is 15.2 Å². The van der Waals surface area contributed by atoms with Crippen molar-refractivity contribution < 1.29 is 14.8 Å². The molecule has 28 heavy (non-hydrogen) atoms. The molecule has 0 fully saturated rings. The molecule has 2 N–H and O–H groups in total. The molecule has 0 atom stereocenters. The quantitative estimate of drug-likeness (QED) is 0.342. The minimum absolute atomic E-state index is 0.0367. The lowest BCUT2D eigenvalue weighted by atomic mass is 10.1. The van der Waals surface area contributed by atoms with Crippen LogP contribution in [0.5, 0.6) is 11.5 Å². The minimum Gasteiger partial charge on any atom is -0.500 e. The van der Waals surface area contributed by atoms with Gasteiger partial charge in [-0.1, -0.05) is 30.3 Å². The third-order valence-electron chi connectivity index (χ3n) is 3.79. The minimum atomic E-state index is -0.668. The highest BCUT2D eigenvalue weighted by molar-refractivity contribution is 7.15. The van der Waals surface area contributed by atoms with Gasteiger partial charge in [0.25, 0.3) is 0 Å². The van der Waals surface area contributed by atoms with E-state index in [0.29, 0.717) is 10.7 Å². The van der Waals surface area contributed by atoms with Crippen molar-refractivity contribution in [3.8, 4) is 22.8 Å². The Hall–Kier alpha value is -3.46. The lowest BCUT2D eigenvalue weighted by molar-refractivity contribution is -0.386. The molecule has 0 amide bonds. The highest BCUT2D eigenvalue weighted by atomic mass is 32.1. The van der Waals surface area contributed by atoms with E-state index in [1.807, 2.05) is 37.3 Å². The first-order valence-corrected chi connectivity index (χ1v) is 9.27. The van der Waals surface area contributed by atoms with Gasteiger partial charge in [-0.15, -0.1) is 11.3 Å². The largest absolute Gasteiger partial charge is 0.500 e. The monoisotopic (exact) mass is 398 g/mol. The number of hydrogen-bond donors (Lipinski definition) is 2. The van der Waals surface area contributed by atoms with Gasteiger partial charge in [-0.2, -0.15) is 5.10 Å². The zero-order valence-corrected chi connectivity index (χ0v) is 16.1. The third-order valence-corrected chi connectivity index (χ3v) is 4.67. The number of benzene rings is 2. The Balaban J connectivity index is 1.81. The van der Waals surface area contributed by atoms with Gasteiger partial charge in [0.2, 0.25) is 10.9 Å². The maximum atomic E-state index is 11.1. The molecular formula is C19H18N4O4S. The summed E-state index contributed by atoms with van der Waals surface area (Å²) in [5.41, 5.74) is 4.71. The molecule has 144 valence electrons. The van der Waals surface area contributed by atoms with Crippen molar-refractivity contribution in [1.29, 1.82) is 0 Å². The molecule has 9 heteroatoms. The molecular weight excluding hydrogens is 380 g/mol. The number of nitrogens with one attached hydrogen (secondary N) is 1. The molecule has 0 aliphatic heterocycles. The van der Waals surface area contributed by atoms with Crippen molar-refractivity contribution in [3.63, 3.8) is 0 Å². The number of nitro benzene ring substituents is 1. The van der Waals surface area contributed by atoms with Crippen molar-refractivity contribution in [3.05, 3.63) is 63.0 Å². The fourth-order valence-electron chi connectivity index (χ4n) is 2.56. The van der Waals surface area contributed by atoms with Gasteiger partial charge in [0, 0.05) is 22.1 Å². The Bertz CT molecular complexity index is 1020. The lowest BCUT2D eigenvalue weighted by Crippen LogP contribution is -1.98. The molecule has 0 radical (unpaired) electrons. The van der Waals surface area contributed by atoms with Crippen LogP contribution in [-0.2, 0) is 0 Å². The molecule has 0 saturated heterocycles. The van der Waals surface area contributed by atoms with Gasteiger partial charge in [-0.25, -0.2) is 4.98 Å². The predicted octanol–water partition coefficient (Wildman–Crippen LogP) is 4.58. The van der Waals surface area contributed by atoms with E-state index in [4.69, 9.17) is 4.74 Å². The topological polar surface area (TPSA) is 110 Å². The summed E-state index contributed by atoms with van der Waals surface area (Å²) in [7, 11) is 0. The van der Waals surface area contributed by atoms with Crippen molar-refractivity contribution in [2.24, 2.45) is 5.10 Å². The predicted molar refractivity (Wildman–Crippen MR) is 109 cm³/mol. The Morgan fingerprint density at radius 1 is 1.36 bits per heavy atom. The van der Waals surface area contributed by atoms with Crippen LogP contribution >= 0.6 is 11.3 Å². The number of phenolic OH excluding ortho intramolecular Hbond substituents is 1. The number of hydrazone groups is 1. The molecule has 1 heterocycles. The Labute approximate surface area is 165 Å². The molecule has 0 aliphatic carbocycles. The average molecular weight is 398 g/mol. The molecule has 0 unspecified atom stereocenters. The lowest BCUT2D eigenvalue weighted by Gasteiger charge is -2.07. The summed E-state index contributed by atoms with van der Waals surface area (Å²) in [6.07, 6.45) is 1.41. The van der Waals surface area contributed by atoms with Gasteiger partial charge >= 0.3 is 5.69 Å². The van der Waals surface area contributed by atoms with Gasteiger partial charge in [-0.05, 0) is 19.9 Å². The van der Waals surface area contributed by atoms with Crippen LogP contribution in [0.15, 0.2) is 47.6 Å². The van der Waals surface area contributed by atoms with Gasteiger partial charge in [0.1, 0.15) is 0 Å². The Kier molecular flexibility index (Phi) is 5.85. The number of nitro groups is 1. The van der Waals surface area contributed by atoms with Crippen LogP contribution in [0.4, 0.5) is 10.8 Å². The SMILES string of the molecule is CCOc1cc(/C=N\Nc2nc(-c3ccccc3)c(C)s2)cc([N+](=O)[O-])c1O. The Morgan fingerprint density at radius 3 is 2.79 bits per heavy atom. The summed E-state index contributed by atoms with van der Waals surface area (Å²) in [6, 6.07) is 12.5. The Morgan fingerprint density at radius 2 is 2.11 bits per heavy atom. The average Bonchev–Trinajstić information content (AvgIpc) is 3.05. The number of aromatic nitrogens is 1. The first-order valence-electron chi connectivity index (χ1n) is 8.45. The highest BCUT2D eigenvalue weighted by Gasteiger charge is 2.19. The molecule has 0 bridgehead atoms. The number of thiazole rings is 1. The van der Waals surface area contributed by atoms with Crippen LogP contribution in [0, 0.1) is 17.0 Å². The zero-order chi connectivity index (χ0) is 20.1. The number of aromatic hydroxyl groups is 1. The third kappa shape index (κ3) is 4.26. The summed E-state index contributed by atoms with van der Waals surface area (Å²) in [4.78, 5) is 16.0. The van der Waals surface area contributed by atoms with Gasteiger partial charge in [0.15, 0.2) is 5.75 Å². The summed E-state index contributed by atoms with van der Waals surface area (Å²) in [5.74, 6) is -0.463. The molecule has 0 saturated carbocycles. The summed E-state index contributed by atoms with van der Waals surface area (Å²) in [6.45, 7) is 3.97. The van der Waals surface area contributed by atoms with Gasteiger partial charge < -0.3 is 9.84 Å². The van der Waals surface area contributed by atoms with E-state index in [1.165, 1.54) is 29.7 Å². The zero-order valence-electron chi connectivity index (χ0n) is 15.2. The van der Waals surface area contributed by atoms with Crippen LogP contribution in [0.2, 0.25) is 0 Å². The summed E-state index contributed by atoms with van der Waals surface area (Å²) < 4.78 is 5.25. The molecule has 0 spiro atoms. The number of rotatable bonds is 7. The number of hydrogen-bond acceptors (Lipinski definition) is 8. The van der Waals surface area contributed by atoms with Gasteiger partial charge in [-0.3, -0.25) is 15.5 Å². The number of phenols is 1. The van der Waals surface area contributed by atoms with E-state index in [0.717, 1.165) is 16.1 Å². The number of nitrogens with zero attached hydrogens (tertiary/aromatic N) is 3. The summed E-state index contributed by atoms with van der Waals surface area (Å²) >= 11 is 1.46. The van der Waals surface area contributed by atoms with E-state index in [-0.39, 0.29) is 12.4 Å². The molecule has 0 aliphatic rings. The van der Waals surface area contributed by atoms with E-state index in [2.05, 4.69) is 15.5 Å². The number of aryl methyl sites for hydroxylation is 1. The molecule has 8 nitrogen and oxygen atoms in total. The smallest absolute Gasteiger partial charge is 0.315 e. The maximum Gasteiger partial charge on any atom is 0.315 e. The first-order chi connectivity index (χ1) is 13.5. The first kappa shape index (κ1) is 19.3. The van der Waals surface area contributed by atoms with E-state index >= 15 is 0 Å². The fourth-order valence-corrected chi connectivity index (χ4v) is 3.35. The highest BCUT2D eigenvalue weighted by Crippen LogP contribution is 2.36. The van der Waals surface area contributed by atoms with Crippen molar-refractivity contribution in [1.82, 2.24) is 4.98 Å². The van der Waals surface area contributed by atoms with Crippen LogP contribution in [0.1, 0.15) is 17.4 Å².